The minimum Gasteiger partial charge on any atom is -0.491 e. The Hall–Kier alpha value is -2.91. The second kappa shape index (κ2) is 8.65. The summed E-state index contributed by atoms with van der Waals surface area (Å²) in [5, 5.41) is 20.8. The summed E-state index contributed by atoms with van der Waals surface area (Å²) < 4.78 is 10.6. The Kier molecular flexibility index (Phi) is 6.05. The molecule has 0 spiro atoms. The number of nitro benzene ring substituents is 1. The zero-order valence-electron chi connectivity index (χ0n) is 14.7. The van der Waals surface area contributed by atoms with E-state index in [4.69, 9.17) is 9.15 Å². The third kappa shape index (κ3) is 5.05. The van der Waals surface area contributed by atoms with Crippen LogP contribution in [0.25, 0.3) is 0 Å². The van der Waals surface area contributed by atoms with Crippen molar-refractivity contribution >= 4 is 11.6 Å². The first-order valence-corrected chi connectivity index (χ1v) is 8.63. The van der Waals surface area contributed by atoms with Crippen LogP contribution < -0.4 is 4.74 Å². The topological polar surface area (TPSA) is 109 Å². The number of rotatable bonds is 7. The molecular weight excluding hydrogens is 354 g/mol. The zero-order chi connectivity index (χ0) is 19.2. The molecule has 27 heavy (non-hydrogen) atoms. The Balaban J connectivity index is 1.39. The number of furan rings is 1. The highest BCUT2D eigenvalue weighted by Gasteiger charge is 2.24. The SMILES string of the molecule is O=C(c1ccco1)N1CCN(CC(O)COc2ccc([N+](=O)[O-])cc2)CC1. The Bertz CT molecular complexity index is 754. The number of nitrogens with zero attached hydrogens (tertiary/aromatic N) is 3. The molecule has 1 fully saturated rings. The minimum atomic E-state index is -0.701. The Morgan fingerprint density at radius 3 is 2.52 bits per heavy atom. The average Bonchev–Trinajstić information content (AvgIpc) is 3.21. The number of β-amino-alcohol motifs (C(OH)–C–C–N with tert-alkyl or cyclic N) is 1. The number of nitro groups is 1. The fraction of sp³-hybridized carbons (Fsp3) is 0.389. The largest absolute Gasteiger partial charge is 0.491 e. The molecule has 1 aromatic heterocycles. The van der Waals surface area contributed by atoms with Gasteiger partial charge in [-0.2, -0.15) is 0 Å². The molecule has 1 aliphatic rings. The maximum atomic E-state index is 12.2. The molecule has 1 saturated heterocycles. The number of piperazine rings is 1. The van der Waals surface area contributed by atoms with Crippen molar-refractivity contribution < 1.29 is 24.0 Å². The molecule has 1 amide bonds. The Morgan fingerprint density at radius 2 is 1.93 bits per heavy atom. The fourth-order valence-electron chi connectivity index (χ4n) is 2.90. The lowest BCUT2D eigenvalue weighted by Crippen LogP contribution is -2.50. The molecular formula is C18H21N3O6. The third-order valence-corrected chi connectivity index (χ3v) is 4.35. The van der Waals surface area contributed by atoms with Crippen LogP contribution in [0.4, 0.5) is 5.69 Å². The van der Waals surface area contributed by atoms with Gasteiger partial charge in [-0.25, -0.2) is 0 Å². The molecule has 2 heterocycles. The summed E-state index contributed by atoms with van der Waals surface area (Å²) in [6.07, 6.45) is 0.776. The molecule has 144 valence electrons. The Morgan fingerprint density at radius 1 is 1.22 bits per heavy atom. The highest BCUT2D eigenvalue weighted by Crippen LogP contribution is 2.17. The predicted octanol–water partition coefficient (Wildman–Crippen LogP) is 1.39. The van der Waals surface area contributed by atoms with Crippen LogP contribution in [-0.2, 0) is 0 Å². The summed E-state index contributed by atoms with van der Waals surface area (Å²) in [5.74, 6) is 0.676. The molecule has 1 unspecified atom stereocenters. The lowest BCUT2D eigenvalue weighted by Gasteiger charge is -2.35. The lowest BCUT2D eigenvalue weighted by molar-refractivity contribution is -0.384. The van der Waals surface area contributed by atoms with E-state index in [2.05, 4.69) is 4.90 Å². The van der Waals surface area contributed by atoms with E-state index >= 15 is 0 Å². The number of carbonyl (C=O) groups is 1. The molecule has 2 aromatic rings. The van der Waals surface area contributed by atoms with Crippen LogP contribution >= 0.6 is 0 Å². The standard InChI is InChI=1S/C18H21N3O6/c22-15(13-27-16-5-3-14(4-6-16)21(24)25)12-19-7-9-20(10-8-19)18(23)17-2-1-11-26-17/h1-6,11,15,22H,7-10,12-13H2. The van der Waals surface area contributed by atoms with Gasteiger partial charge in [-0.05, 0) is 24.3 Å². The zero-order valence-corrected chi connectivity index (χ0v) is 14.7. The van der Waals surface area contributed by atoms with E-state index in [1.54, 1.807) is 17.0 Å². The molecule has 1 N–H and O–H groups in total. The summed E-state index contributed by atoms with van der Waals surface area (Å²) in [5.41, 5.74) is -0.00938. The van der Waals surface area contributed by atoms with Crippen LogP contribution in [0.2, 0.25) is 0 Å². The van der Waals surface area contributed by atoms with Gasteiger partial charge in [-0.3, -0.25) is 19.8 Å². The van der Waals surface area contributed by atoms with Crippen molar-refractivity contribution in [3.05, 3.63) is 58.5 Å². The molecule has 1 atom stereocenters. The molecule has 1 aromatic carbocycles. The summed E-state index contributed by atoms with van der Waals surface area (Å²) in [6, 6.07) is 9.06. The van der Waals surface area contributed by atoms with Gasteiger partial charge < -0.3 is 19.2 Å². The van der Waals surface area contributed by atoms with Crippen LogP contribution in [0.5, 0.6) is 5.75 Å². The van der Waals surface area contributed by atoms with Gasteiger partial charge in [0.25, 0.3) is 11.6 Å². The predicted molar refractivity (Wildman–Crippen MR) is 95.6 cm³/mol. The van der Waals surface area contributed by atoms with Crippen molar-refractivity contribution in [2.45, 2.75) is 6.10 Å². The van der Waals surface area contributed by atoms with Gasteiger partial charge in [0.15, 0.2) is 5.76 Å². The summed E-state index contributed by atoms with van der Waals surface area (Å²) in [6.45, 7) is 2.95. The van der Waals surface area contributed by atoms with Gasteiger partial charge in [-0.1, -0.05) is 0 Å². The highest BCUT2D eigenvalue weighted by atomic mass is 16.6. The van der Waals surface area contributed by atoms with Gasteiger partial charge >= 0.3 is 0 Å². The fourth-order valence-corrected chi connectivity index (χ4v) is 2.90. The van der Waals surface area contributed by atoms with Crippen molar-refractivity contribution in [1.82, 2.24) is 9.80 Å². The average molecular weight is 375 g/mol. The summed E-state index contributed by atoms with van der Waals surface area (Å²) in [4.78, 5) is 26.2. The Labute approximate surface area is 155 Å². The summed E-state index contributed by atoms with van der Waals surface area (Å²) >= 11 is 0. The number of carbonyl (C=O) groups excluding carboxylic acids is 1. The lowest BCUT2D eigenvalue weighted by atomic mass is 10.2. The van der Waals surface area contributed by atoms with E-state index in [0.717, 1.165) is 0 Å². The van der Waals surface area contributed by atoms with E-state index in [1.165, 1.54) is 30.5 Å². The van der Waals surface area contributed by atoms with Crippen LogP contribution in [0.1, 0.15) is 10.6 Å². The van der Waals surface area contributed by atoms with Crippen LogP contribution in [0.15, 0.2) is 47.1 Å². The maximum Gasteiger partial charge on any atom is 0.289 e. The van der Waals surface area contributed by atoms with E-state index < -0.39 is 11.0 Å². The van der Waals surface area contributed by atoms with Gasteiger partial charge in [0.05, 0.1) is 11.2 Å². The third-order valence-electron chi connectivity index (χ3n) is 4.35. The molecule has 1 aliphatic heterocycles. The normalized spacial score (nSPS) is 16.1. The van der Waals surface area contributed by atoms with E-state index in [1.807, 2.05) is 0 Å². The van der Waals surface area contributed by atoms with Crippen molar-refractivity contribution in [3.63, 3.8) is 0 Å². The first-order chi connectivity index (χ1) is 13.0. The molecule has 9 heteroatoms. The number of aliphatic hydroxyl groups excluding tert-OH is 1. The van der Waals surface area contributed by atoms with E-state index in [9.17, 15) is 20.0 Å². The maximum absolute atomic E-state index is 12.2. The second-order valence-corrected chi connectivity index (χ2v) is 6.29. The first kappa shape index (κ1) is 18.9. The number of non-ortho nitro benzene ring substituents is 1. The number of ether oxygens (including phenoxy) is 1. The molecule has 0 saturated carbocycles. The van der Waals surface area contributed by atoms with Crippen molar-refractivity contribution in [2.24, 2.45) is 0 Å². The molecule has 0 aliphatic carbocycles. The van der Waals surface area contributed by atoms with Gasteiger partial charge in [0, 0.05) is 44.9 Å². The molecule has 0 radical (unpaired) electrons. The van der Waals surface area contributed by atoms with Crippen LogP contribution in [0, 0.1) is 10.1 Å². The van der Waals surface area contributed by atoms with Gasteiger partial charge in [0.1, 0.15) is 18.5 Å². The van der Waals surface area contributed by atoms with E-state index in [0.29, 0.717) is 44.2 Å². The number of amides is 1. The second-order valence-electron chi connectivity index (χ2n) is 6.29. The van der Waals surface area contributed by atoms with Crippen LogP contribution in [-0.4, -0.2) is 71.2 Å². The monoisotopic (exact) mass is 375 g/mol. The van der Waals surface area contributed by atoms with Crippen molar-refractivity contribution in [1.29, 1.82) is 0 Å². The minimum absolute atomic E-state index is 0.00938. The molecule has 0 bridgehead atoms. The summed E-state index contributed by atoms with van der Waals surface area (Å²) in [7, 11) is 0. The van der Waals surface area contributed by atoms with E-state index in [-0.39, 0.29) is 18.2 Å². The first-order valence-electron chi connectivity index (χ1n) is 8.63. The quantitative estimate of drug-likeness (QED) is 0.575. The molecule has 3 rings (SSSR count). The smallest absolute Gasteiger partial charge is 0.289 e. The number of hydrogen-bond donors (Lipinski definition) is 1. The number of benzene rings is 1. The number of aliphatic hydroxyl groups is 1. The van der Waals surface area contributed by atoms with Gasteiger partial charge in [0.2, 0.25) is 0 Å². The van der Waals surface area contributed by atoms with Crippen molar-refractivity contribution in [2.75, 3.05) is 39.3 Å². The van der Waals surface area contributed by atoms with Crippen molar-refractivity contribution in [3.8, 4) is 5.75 Å². The van der Waals surface area contributed by atoms with Crippen LogP contribution in [0.3, 0.4) is 0 Å². The molecule has 9 nitrogen and oxygen atoms in total. The highest BCUT2D eigenvalue weighted by molar-refractivity contribution is 5.91. The van der Waals surface area contributed by atoms with Gasteiger partial charge in [-0.15, -0.1) is 0 Å². The number of hydrogen-bond acceptors (Lipinski definition) is 7.